The SMILES string of the molecule is CC(=O)N1CCC(Nc2ncc(C(N)=O)cc2Cl)c2ccc(F)cc2C1. The molecule has 0 aliphatic carbocycles. The summed E-state index contributed by atoms with van der Waals surface area (Å²) in [6.07, 6.45) is 1.95. The molecular weight excluding hydrogens is 359 g/mol. The van der Waals surface area contributed by atoms with Gasteiger partial charge in [-0.1, -0.05) is 17.7 Å². The van der Waals surface area contributed by atoms with Crippen molar-refractivity contribution in [1.29, 1.82) is 0 Å². The topological polar surface area (TPSA) is 88.3 Å². The minimum absolute atomic E-state index is 0.0668. The molecule has 8 heteroatoms. The first kappa shape index (κ1) is 18.1. The molecule has 0 fully saturated rings. The molecule has 2 amide bonds. The summed E-state index contributed by atoms with van der Waals surface area (Å²) in [5, 5.41) is 3.50. The maximum Gasteiger partial charge on any atom is 0.250 e. The fourth-order valence-electron chi connectivity index (χ4n) is 3.04. The zero-order chi connectivity index (χ0) is 18.8. The van der Waals surface area contributed by atoms with Gasteiger partial charge in [0.05, 0.1) is 16.6 Å². The van der Waals surface area contributed by atoms with Gasteiger partial charge in [0.15, 0.2) is 0 Å². The highest BCUT2D eigenvalue weighted by atomic mass is 35.5. The normalized spacial score (nSPS) is 16.6. The first-order chi connectivity index (χ1) is 12.3. The molecule has 1 atom stereocenters. The van der Waals surface area contributed by atoms with Crippen LogP contribution in [0.5, 0.6) is 0 Å². The summed E-state index contributed by atoms with van der Waals surface area (Å²) >= 11 is 6.21. The third kappa shape index (κ3) is 3.77. The average molecular weight is 377 g/mol. The molecule has 1 aliphatic heterocycles. The second kappa shape index (κ2) is 7.29. The summed E-state index contributed by atoms with van der Waals surface area (Å²) in [6.45, 7) is 2.36. The van der Waals surface area contributed by atoms with Gasteiger partial charge in [0, 0.05) is 26.2 Å². The van der Waals surface area contributed by atoms with Gasteiger partial charge in [0.25, 0.3) is 0 Å². The van der Waals surface area contributed by atoms with Crippen molar-refractivity contribution in [3.8, 4) is 0 Å². The number of carbonyl (C=O) groups excluding carboxylic acids is 2. The average Bonchev–Trinajstić information content (AvgIpc) is 2.75. The van der Waals surface area contributed by atoms with Crippen molar-refractivity contribution in [2.24, 2.45) is 5.73 Å². The molecule has 0 bridgehead atoms. The molecule has 1 unspecified atom stereocenters. The number of pyridine rings is 1. The molecule has 6 nitrogen and oxygen atoms in total. The van der Waals surface area contributed by atoms with Crippen LogP contribution in [0, 0.1) is 5.82 Å². The van der Waals surface area contributed by atoms with E-state index in [0.717, 1.165) is 11.1 Å². The predicted octanol–water partition coefficient (Wildman–Crippen LogP) is 2.88. The number of hydrogen-bond donors (Lipinski definition) is 2. The van der Waals surface area contributed by atoms with Crippen LogP contribution in [-0.4, -0.2) is 28.2 Å². The van der Waals surface area contributed by atoms with Crippen molar-refractivity contribution in [2.75, 3.05) is 11.9 Å². The lowest BCUT2D eigenvalue weighted by Crippen LogP contribution is -2.28. The molecule has 26 heavy (non-hydrogen) atoms. The number of fused-ring (bicyclic) bond motifs is 1. The molecule has 2 heterocycles. The number of rotatable bonds is 3. The van der Waals surface area contributed by atoms with E-state index in [-0.39, 0.29) is 28.4 Å². The second-order valence-electron chi connectivity index (χ2n) is 6.19. The van der Waals surface area contributed by atoms with Gasteiger partial charge in [0.1, 0.15) is 11.6 Å². The highest BCUT2D eigenvalue weighted by molar-refractivity contribution is 6.33. The number of anilines is 1. The van der Waals surface area contributed by atoms with Crippen LogP contribution in [0.15, 0.2) is 30.5 Å². The van der Waals surface area contributed by atoms with Crippen molar-refractivity contribution >= 4 is 29.2 Å². The monoisotopic (exact) mass is 376 g/mol. The van der Waals surface area contributed by atoms with E-state index in [2.05, 4.69) is 10.3 Å². The van der Waals surface area contributed by atoms with Crippen LogP contribution in [0.4, 0.5) is 10.2 Å². The Hall–Kier alpha value is -2.67. The fourth-order valence-corrected chi connectivity index (χ4v) is 3.26. The Labute approximate surface area is 155 Å². The number of amides is 2. The van der Waals surface area contributed by atoms with Crippen LogP contribution in [0.1, 0.15) is 40.9 Å². The van der Waals surface area contributed by atoms with Crippen molar-refractivity contribution in [2.45, 2.75) is 25.9 Å². The van der Waals surface area contributed by atoms with Gasteiger partial charge in [-0.25, -0.2) is 9.37 Å². The number of halogens is 2. The number of nitrogens with two attached hydrogens (primary N) is 1. The molecule has 0 radical (unpaired) electrons. The predicted molar refractivity (Wildman–Crippen MR) is 96.2 cm³/mol. The molecule has 3 N–H and O–H groups in total. The molecule has 1 aromatic heterocycles. The van der Waals surface area contributed by atoms with Crippen molar-refractivity contribution in [3.05, 3.63) is 58.0 Å². The largest absolute Gasteiger partial charge is 0.366 e. The van der Waals surface area contributed by atoms with E-state index >= 15 is 0 Å². The van der Waals surface area contributed by atoms with E-state index in [1.54, 1.807) is 11.0 Å². The lowest BCUT2D eigenvalue weighted by atomic mass is 9.99. The summed E-state index contributed by atoms with van der Waals surface area (Å²) in [4.78, 5) is 28.9. The summed E-state index contributed by atoms with van der Waals surface area (Å²) < 4.78 is 13.7. The van der Waals surface area contributed by atoms with E-state index in [9.17, 15) is 14.0 Å². The van der Waals surface area contributed by atoms with Gasteiger partial charge in [-0.15, -0.1) is 0 Å². The van der Waals surface area contributed by atoms with Crippen LogP contribution >= 0.6 is 11.6 Å². The van der Waals surface area contributed by atoms with Crippen molar-refractivity contribution in [3.63, 3.8) is 0 Å². The Kier molecular flexibility index (Phi) is 5.08. The number of aromatic nitrogens is 1. The van der Waals surface area contributed by atoms with E-state index < -0.39 is 5.91 Å². The molecule has 1 aromatic carbocycles. The van der Waals surface area contributed by atoms with Gasteiger partial charge in [-0.2, -0.15) is 0 Å². The quantitative estimate of drug-likeness (QED) is 0.862. The van der Waals surface area contributed by atoms with Crippen LogP contribution in [0.25, 0.3) is 0 Å². The molecule has 0 saturated heterocycles. The van der Waals surface area contributed by atoms with Crippen LogP contribution in [-0.2, 0) is 11.3 Å². The Balaban J connectivity index is 1.93. The van der Waals surface area contributed by atoms with Crippen molar-refractivity contribution in [1.82, 2.24) is 9.88 Å². The lowest BCUT2D eigenvalue weighted by molar-refractivity contribution is -0.129. The van der Waals surface area contributed by atoms with Gasteiger partial charge in [-0.05, 0) is 35.7 Å². The van der Waals surface area contributed by atoms with Gasteiger partial charge >= 0.3 is 0 Å². The summed E-state index contributed by atoms with van der Waals surface area (Å²) in [6, 6.07) is 5.78. The summed E-state index contributed by atoms with van der Waals surface area (Å²) in [5.74, 6) is -0.635. The number of nitrogens with one attached hydrogen (secondary N) is 1. The minimum atomic E-state index is -0.613. The third-order valence-corrected chi connectivity index (χ3v) is 4.70. The maximum absolute atomic E-state index is 13.7. The van der Waals surface area contributed by atoms with Crippen molar-refractivity contribution < 1.29 is 14.0 Å². The lowest BCUT2D eigenvalue weighted by Gasteiger charge is -2.20. The van der Waals surface area contributed by atoms with E-state index in [1.807, 2.05) is 0 Å². The number of benzene rings is 1. The number of primary amides is 1. The standard InChI is InChI=1S/C18H18ClFN4O2/c1-10(25)24-5-4-16(14-3-2-13(20)6-12(14)9-24)23-18-15(19)7-11(8-22-18)17(21)26/h2-3,6-8,16H,4-5,9H2,1H3,(H2,21,26)(H,22,23). The number of nitrogens with zero attached hydrogens (tertiary/aromatic N) is 2. The Morgan fingerprint density at radius 1 is 1.38 bits per heavy atom. The van der Waals surface area contributed by atoms with Crippen LogP contribution in [0.2, 0.25) is 5.02 Å². The van der Waals surface area contributed by atoms with E-state index in [1.165, 1.54) is 31.3 Å². The van der Waals surface area contributed by atoms with E-state index in [0.29, 0.717) is 25.3 Å². The Morgan fingerprint density at radius 2 is 2.15 bits per heavy atom. The fraction of sp³-hybridized carbons (Fsp3) is 0.278. The first-order valence-electron chi connectivity index (χ1n) is 8.11. The summed E-state index contributed by atoms with van der Waals surface area (Å²) in [7, 11) is 0. The highest BCUT2D eigenvalue weighted by Crippen LogP contribution is 2.32. The Bertz CT molecular complexity index is 874. The zero-order valence-corrected chi connectivity index (χ0v) is 14.9. The van der Waals surface area contributed by atoms with E-state index in [4.69, 9.17) is 17.3 Å². The minimum Gasteiger partial charge on any atom is -0.366 e. The van der Waals surface area contributed by atoms with Crippen LogP contribution < -0.4 is 11.1 Å². The molecule has 136 valence electrons. The number of hydrogen-bond acceptors (Lipinski definition) is 4. The van der Waals surface area contributed by atoms with Gasteiger partial charge < -0.3 is 16.0 Å². The third-order valence-electron chi connectivity index (χ3n) is 4.41. The highest BCUT2D eigenvalue weighted by Gasteiger charge is 2.25. The molecule has 0 spiro atoms. The molecule has 2 aromatic rings. The molecule has 1 aliphatic rings. The summed E-state index contributed by atoms with van der Waals surface area (Å²) in [5.41, 5.74) is 7.06. The molecular formula is C18H18ClFN4O2. The van der Waals surface area contributed by atoms with Gasteiger partial charge in [0.2, 0.25) is 11.8 Å². The number of carbonyl (C=O) groups is 2. The molecule has 0 saturated carbocycles. The second-order valence-corrected chi connectivity index (χ2v) is 6.60. The smallest absolute Gasteiger partial charge is 0.250 e. The first-order valence-corrected chi connectivity index (χ1v) is 8.48. The van der Waals surface area contributed by atoms with Gasteiger partial charge in [-0.3, -0.25) is 9.59 Å². The maximum atomic E-state index is 13.7. The van der Waals surface area contributed by atoms with Crippen LogP contribution in [0.3, 0.4) is 0 Å². The Morgan fingerprint density at radius 3 is 2.81 bits per heavy atom. The zero-order valence-electron chi connectivity index (χ0n) is 14.1. The molecule has 3 rings (SSSR count).